The molecule has 0 atom stereocenters. The van der Waals surface area contributed by atoms with Crippen LogP contribution in [0.3, 0.4) is 0 Å². The maximum Gasteiger partial charge on any atom is 0.244 e. The third-order valence-corrected chi connectivity index (χ3v) is 5.83. The summed E-state index contributed by atoms with van der Waals surface area (Å²) < 4.78 is 31.6. The minimum Gasteiger partial charge on any atom is -0.384 e. The van der Waals surface area contributed by atoms with E-state index in [9.17, 15) is 8.42 Å². The minimum absolute atomic E-state index is 0.196. The van der Waals surface area contributed by atoms with Gasteiger partial charge in [0.1, 0.15) is 4.90 Å². The molecule has 1 aliphatic rings. The molecule has 1 aliphatic heterocycles. The highest BCUT2D eigenvalue weighted by Crippen LogP contribution is 2.27. The van der Waals surface area contributed by atoms with Crippen LogP contribution in [0.4, 0.5) is 0 Å². The van der Waals surface area contributed by atoms with Crippen LogP contribution in [0.5, 0.6) is 0 Å². The third kappa shape index (κ3) is 3.28. The second kappa shape index (κ2) is 6.22. The van der Waals surface area contributed by atoms with Gasteiger partial charge in [0, 0.05) is 26.8 Å². The average Bonchev–Trinajstić information content (AvgIpc) is 2.40. The van der Waals surface area contributed by atoms with Crippen LogP contribution in [0, 0.1) is 5.92 Å². The highest BCUT2D eigenvalue weighted by molar-refractivity contribution is 7.89. The first-order chi connectivity index (χ1) is 9.05. The lowest BCUT2D eigenvalue weighted by atomic mass is 9.99. The van der Waals surface area contributed by atoms with Crippen LogP contribution in [-0.2, 0) is 14.8 Å². The molecule has 2 rings (SSSR count). The van der Waals surface area contributed by atoms with Gasteiger partial charge in [-0.25, -0.2) is 8.42 Å². The summed E-state index contributed by atoms with van der Waals surface area (Å²) in [4.78, 5) is 0.196. The van der Waals surface area contributed by atoms with E-state index in [0.29, 0.717) is 25.6 Å². The maximum absolute atomic E-state index is 12.5. The molecule has 1 heterocycles. The summed E-state index contributed by atoms with van der Waals surface area (Å²) in [5.41, 5.74) is 0. The van der Waals surface area contributed by atoms with Crippen molar-refractivity contribution in [3.05, 3.63) is 29.3 Å². The number of nitrogens with zero attached hydrogens (tertiary/aromatic N) is 1. The predicted octanol–water partition coefficient (Wildman–Crippen LogP) is 2.39. The van der Waals surface area contributed by atoms with Crippen LogP contribution >= 0.6 is 11.6 Å². The van der Waals surface area contributed by atoms with Crippen molar-refractivity contribution in [3.63, 3.8) is 0 Å². The van der Waals surface area contributed by atoms with Gasteiger partial charge in [0.2, 0.25) is 10.0 Å². The second-order valence-corrected chi connectivity index (χ2v) is 7.05. The van der Waals surface area contributed by atoms with E-state index in [1.165, 1.54) is 4.31 Å². The van der Waals surface area contributed by atoms with Crippen molar-refractivity contribution < 1.29 is 13.2 Å². The van der Waals surface area contributed by atoms with E-state index in [1.54, 1.807) is 31.4 Å². The number of hydrogen-bond acceptors (Lipinski definition) is 3. The molecule has 1 fully saturated rings. The Morgan fingerprint density at radius 1 is 1.32 bits per heavy atom. The molecule has 0 N–H and O–H groups in total. The lowest BCUT2D eigenvalue weighted by molar-refractivity contribution is 0.121. The quantitative estimate of drug-likeness (QED) is 0.858. The second-order valence-electron chi connectivity index (χ2n) is 4.73. The number of methoxy groups -OCH3 is 1. The first-order valence-electron chi connectivity index (χ1n) is 6.29. The van der Waals surface area contributed by atoms with Crippen molar-refractivity contribution in [1.29, 1.82) is 0 Å². The summed E-state index contributed by atoms with van der Waals surface area (Å²) in [5, 5.41) is 0.279. The number of rotatable bonds is 4. The molecule has 0 bridgehead atoms. The van der Waals surface area contributed by atoms with E-state index in [1.807, 2.05) is 0 Å². The van der Waals surface area contributed by atoms with E-state index in [0.717, 1.165) is 12.8 Å². The van der Waals surface area contributed by atoms with E-state index in [2.05, 4.69) is 0 Å². The fraction of sp³-hybridized carbons (Fsp3) is 0.538. The topological polar surface area (TPSA) is 46.6 Å². The van der Waals surface area contributed by atoms with Gasteiger partial charge in [-0.05, 0) is 30.9 Å². The van der Waals surface area contributed by atoms with Gasteiger partial charge in [-0.1, -0.05) is 23.7 Å². The lowest BCUT2D eigenvalue weighted by Crippen LogP contribution is -2.39. The van der Waals surface area contributed by atoms with Gasteiger partial charge in [0.05, 0.1) is 5.02 Å². The zero-order valence-corrected chi connectivity index (χ0v) is 12.5. The summed E-state index contributed by atoms with van der Waals surface area (Å²) in [6.45, 7) is 1.75. The molecule has 106 valence electrons. The molecule has 1 saturated heterocycles. The standard InChI is InChI=1S/C13H18ClNO3S/c1-18-10-11-6-8-15(9-7-11)19(16,17)13-5-3-2-4-12(13)14/h2-5,11H,6-10H2,1H3. The first kappa shape index (κ1) is 14.8. The van der Waals surface area contributed by atoms with Crippen LogP contribution in [0.25, 0.3) is 0 Å². The van der Waals surface area contributed by atoms with E-state index >= 15 is 0 Å². The maximum atomic E-state index is 12.5. The number of sulfonamides is 1. The fourth-order valence-corrected chi connectivity index (χ4v) is 4.31. The summed E-state index contributed by atoms with van der Waals surface area (Å²) in [6.07, 6.45) is 1.66. The van der Waals surface area contributed by atoms with Crippen molar-refractivity contribution in [2.24, 2.45) is 5.92 Å². The highest BCUT2D eigenvalue weighted by atomic mass is 35.5. The summed E-state index contributed by atoms with van der Waals surface area (Å²) in [5.74, 6) is 0.447. The zero-order valence-electron chi connectivity index (χ0n) is 10.9. The molecule has 4 nitrogen and oxygen atoms in total. The number of benzene rings is 1. The van der Waals surface area contributed by atoms with Crippen molar-refractivity contribution in [2.45, 2.75) is 17.7 Å². The number of hydrogen-bond donors (Lipinski definition) is 0. The molecule has 0 aromatic heterocycles. The Morgan fingerprint density at radius 3 is 2.53 bits per heavy atom. The normalized spacial score (nSPS) is 18.6. The summed E-state index contributed by atoms with van der Waals surface area (Å²) in [7, 11) is -1.80. The van der Waals surface area contributed by atoms with E-state index in [-0.39, 0.29) is 9.92 Å². The molecular weight excluding hydrogens is 286 g/mol. The monoisotopic (exact) mass is 303 g/mol. The Labute approximate surface area is 119 Å². The average molecular weight is 304 g/mol. The third-order valence-electron chi connectivity index (χ3n) is 3.43. The Balaban J connectivity index is 2.12. The SMILES string of the molecule is COCC1CCN(S(=O)(=O)c2ccccc2Cl)CC1. The molecule has 0 spiro atoms. The van der Waals surface area contributed by atoms with Gasteiger partial charge in [-0.15, -0.1) is 0 Å². The van der Waals surface area contributed by atoms with E-state index in [4.69, 9.17) is 16.3 Å². The fourth-order valence-electron chi connectivity index (χ4n) is 2.35. The molecule has 0 saturated carbocycles. The molecule has 0 amide bonds. The van der Waals surface area contributed by atoms with Crippen molar-refractivity contribution in [1.82, 2.24) is 4.31 Å². The predicted molar refractivity (Wildman–Crippen MR) is 74.8 cm³/mol. The zero-order chi connectivity index (χ0) is 13.9. The van der Waals surface area contributed by atoms with Crippen LogP contribution in [-0.4, -0.2) is 39.5 Å². The molecule has 6 heteroatoms. The molecule has 19 heavy (non-hydrogen) atoms. The highest BCUT2D eigenvalue weighted by Gasteiger charge is 2.30. The Kier molecular flexibility index (Phi) is 4.84. The van der Waals surface area contributed by atoms with Crippen LogP contribution in [0.2, 0.25) is 5.02 Å². The molecule has 0 radical (unpaired) electrons. The molecule has 1 aromatic rings. The molecule has 1 aromatic carbocycles. The minimum atomic E-state index is -3.47. The van der Waals surface area contributed by atoms with Crippen molar-refractivity contribution >= 4 is 21.6 Å². The molecular formula is C13H18ClNO3S. The van der Waals surface area contributed by atoms with Crippen LogP contribution in [0.15, 0.2) is 29.2 Å². The molecule has 0 unspecified atom stereocenters. The van der Waals surface area contributed by atoms with Gasteiger partial charge < -0.3 is 4.74 Å². The van der Waals surface area contributed by atoms with E-state index < -0.39 is 10.0 Å². The Morgan fingerprint density at radius 2 is 1.95 bits per heavy atom. The molecule has 0 aliphatic carbocycles. The summed E-state index contributed by atoms with van der Waals surface area (Å²) in [6, 6.07) is 6.58. The van der Waals surface area contributed by atoms with Gasteiger partial charge in [0.15, 0.2) is 0 Å². The number of piperidine rings is 1. The van der Waals surface area contributed by atoms with Gasteiger partial charge in [-0.3, -0.25) is 0 Å². The van der Waals surface area contributed by atoms with Crippen molar-refractivity contribution in [2.75, 3.05) is 26.8 Å². The van der Waals surface area contributed by atoms with Crippen LogP contribution in [0.1, 0.15) is 12.8 Å². The first-order valence-corrected chi connectivity index (χ1v) is 8.11. The van der Waals surface area contributed by atoms with Gasteiger partial charge in [0.25, 0.3) is 0 Å². The smallest absolute Gasteiger partial charge is 0.244 e. The Bertz CT molecular complexity index is 524. The van der Waals surface area contributed by atoms with Crippen molar-refractivity contribution in [3.8, 4) is 0 Å². The van der Waals surface area contributed by atoms with Crippen LogP contribution < -0.4 is 0 Å². The van der Waals surface area contributed by atoms with Gasteiger partial charge >= 0.3 is 0 Å². The lowest BCUT2D eigenvalue weighted by Gasteiger charge is -2.31. The van der Waals surface area contributed by atoms with Gasteiger partial charge in [-0.2, -0.15) is 4.31 Å². The largest absolute Gasteiger partial charge is 0.384 e. The summed E-state index contributed by atoms with van der Waals surface area (Å²) >= 11 is 5.98. The Hall–Kier alpha value is -0.620. The number of halogens is 1. The number of ether oxygens (including phenoxy) is 1.